The standard InChI is InChI=1S/C22H22ClF5N4O2/c1-29-5-2-6-34-18-10-30-20(25)12-7-11-3-4-17(19(12)18)32(11)21(33)31-16-9-14(23)13(8-15(16)24)22(26,27)28/h8-11,17,29H,2-7H2,1H3,(H,31,33)/t11-,17?/m0/s1. The van der Waals surface area contributed by atoms with E-state index in [4.69, 9.17) is 16.3 Å². The third-order valence-electron chi connectivity index (χ3n) is 6.08. The van der Waals surface area contributed by atoms with Crippen molar-refractivity contribution in [2.75, 3.05) is 25.5 Å². The van der Waals surface area contributed by atoms with Crippen LogP contribution in [-0.4, -0.2) is 42.2 Å². The van der Waals surface area contributed by atoms with Gasteiger partial charge in [-0.2, -0.15) is 17.6 Å². The minimum absolute atomic E-state index is 0.196. The number of amides is 2. The normalized spacial score (nSPS) is 19.2. The van der Waals surface area contributed by atoms with Gasteiger partial charge in [0, 0.05) is 17.2 Å². The molecule has 4 rings (SSSR count). The number of ether oxygens (including phenoxy) is 1. The summed E-state index contributed by atoms with van der Waals surface area (Å²) in [6.07, 6.45) is -1.55. The molecule has 2 atom stereocenters. The third kappa shape index (κ3) is 4.63. The summed E-state index contributed by atoms with van der Waals surface area (Å²) in [5, 5.41) is 4.59. The number of anilines is 1. The van der Waals surface area contributed by atoms with E-state index >= 15 is 0 Å². The molecule has 2 aromatic rings. The number of benzene rings is 1. The van der Waals surface area contributed by atoms with Gasteiger partial charge in [-0.25, -0.2) is 14.2 Å². The zero-order valence-corrected chi connectivity index (χ0v) is 18.9. The van der Waals surface area contributed by atoms with Crippen molar-refractivity contribution in [3.63, 3.8) is 0 Å². The Morgan fingerprint density at radius 1 is 1.29 bits per heavy atom. The van der Waals surface area contributed by atoms with Crippen LogP contribution >= 0.6 is 11.6 Å². The summed E-state index contributed by atoms with van der Waals surface area (Å²) >= 11 is 5.68. The highest BCUT2D eigenvalue weighted by atomic mass is 35.5. The van der Waals surface area contributed by atoms with Crippen molar-refractivity contribution in [2.45, 2.75) is 43.9 Å². The number of hydrogen-bond acceptors (Lipinski definition) is 4. The predicted molar refractivity (Wildman–Crippen MR) is 115 cm³/mol. The Morgan fingerprint density at radius 2 is 2.06 bits per heavy atom. The van der Waals surface area contributed by atoms with Crippen LogP contribution in [0.5, 0.6) is 5.75 Å². The maximum absolute atomic E-state index is 14.5. The number of aromatic nitrogens is 1. The molecule has 0 spiro atoms. The number of urea groups is 1. The zero-order chi connectivity index (χ0) is 24.6. The second kappa shape index (κ2) is 9.53. The molecule has 1 fully saturated rings. The molecule has 1 aromatic carbocycles. The zero-order valence-electron chi connectivity index (χ0n) is 18.1. The van der Waals surface area contributed by atoms with E-state index in [-0.39, 0.29) is 18.5 Å². The number of nitrogens with one attached hydrogen (secondary N) is 2. The number of fused-ring (bicyclic) bond motifs is 4. The minimum Gasteiger partial charge on any atom is -0.492 e. The molecule has 3 heterocycles. The average molecular weight is 505 g/mol. The summed E-state index contributed by atoms with van der Waals surface area (Å²) in [4.78, 5) is 18.4. The Balaban J connectivity index is 1.59. The lowest BCUT2D eigenvalue weighted by Crippen LogP contribution is -2.44. The molecule has 1 saturated heterocycles. The molecule has 2 bridgehead atoms. The number of hydrogen-bond donors (Lipinski definition) is 2. The van der Waals surface area contributed by atoms with Crippen molar-refractivity contribution in [3.05, 3.63) is 51.8 Å². The van der Waals surface area contributed by atoms with E-state index in [1.54, 1.807) is 0 Å². The Bertz CT molecular complexity index is 1100. The average Bonchev–Trinajstić information content (AvgIpc) is 3.08. The summed E-state index contributed by atoms with van der Waals surface area (Å²) in [7, 11) is 1.81. The maximum atomic E-state index is 14.5. The maximum Gasteiger partial charge on any atom is 0.417 e. The van der Waals surface area contributed by atoms with Gasteiger partial charge in [-0.3, -0.25) is 0 Å². The molecule has 184 valence electrons. The monoisotopic (exact) mass is 504 g/mol. The quantitative estimate of drug-likeness (QED) is 0.318. The highest BCUT2D eigenvalue weighted by Crippen LogP contribution is 2.48. The molecule has 12 heteroatoms. The highest BCUT2D eigenvalue weighted by molar-refractivity contribution is 6.31. The van der Waals surface area contributed by atoms with Crippen molar-refractivity contribution >= 4 is 23.3 Å². The van der Waals surface area contributed by atoms with Gasteiger partial charge in [0.15, 0.2) is 0 Å². The van der Waals surface area contributed by atoms with Crippen LogP contribution in [0.4, 0.5) is 32.4 Å². The van der Waals surface area contributed by atoms with Crippen LogP contribution in [0.25, 0.3) is 0 Å². The van der Waals surface area contributed by atoms with Gasteiger partial charge in [-0.1, -0.05) is 11.6 Å². The number of carbonyl (C=O) groups excluding carboxylic acids is 1. The Hall–Kier alpha value is -2.66. The van der Waals surface area contributed by atoms with Crippen LogP contribution in [0.1, 0.15) is 42.0 Å². The van der Waals surface area contributed by atoms with Crippen LogP contribution in [0.2, 0.25) is 5.02 Å². The molecule has 1 aromatic heterocycles. The molecule has 0 saturated carbocycles. The SMILES string of the molecule is CNCCCOc1cnc(F)c2c1C1CC[C@@H](C2)N1C(=O)Nc1cc(Cl)c(C(F)(F)F)cc1F. The van der Waals surface area contributed by atoms with E-state index in [9.17, 15) is 26.7 Å². The summed E-state index contributed by atoms with van der Waals surface area (Å²) in [5.74, 6) is -1.52. The Labute approximate surface area is 197 Å². The van der Waals surface area contributed by atoms with Crippen LogP contribution < -0.4 is 15.4 Å². The lowest BCUT2D eigenvalue weighted by molar-refractivity contribution is -0.137. The molecular formula is C22H22ClF5N4O2. The smallest absolute Gasteiger partial charge is 0.417 e. The lowest BCUT2D eigenvalue weighted by atomic mass is 9.94. The minimum atomic E-state index is -4.84. The van der Waals surface area contributed by atoms with Gasteiger partial charge in [0.1, 0.15) is 11.6 Å². The number of rotatable bonds is 6. The molecule has 2 amide bonds. The first kappa shape index (κ1) is 24.5. The number of alkyl halides is 3. The van der Waals surface area contributed by atoms with Gasteiger partial charge in [0.25, 0.3) is 0 Å². The second-order valence-electron chi connectivity index (χ2n) is 8.21. The summed E-state index contributed by atoms with van der Waals surface area (Å²) in [6.45, 7) is 1.08. The van der Waals surface area contributed by atoms with E-state index in [0.29, 0.717) is 42.7 Å². The van der Waals surface area contributed by atoms with Gasteiger partial charge >= 0.3 is 12.2 Å². The van der Waals surface area contributed by atoms with Gasteiger partial charge in [0.05, 0.1) is 35.1 Å². The number of pyridine rings is 1. The molecule has 2 N–H and O–H groups in total. The van der Waals surface area contributed by atoms with Crippen LogP contribution in [0.15, 0.2) is 18.3 Å². The molecule has 34 heavy (non-hydrogen) atoms. The van der Waals surface area contributed by atoms with Crippen LogP contribution in [0, 0.1) is 11.8 Å². The van der Waals surface area contributed by atoms with Crippen molar-refractivity contribution in [1.29, 1.82) is 0 Å². The van der Waals surface area contributed by atoms with E-state index in [1.807, 2.05) is 7.05 Å². The fourth-order valence-corrected chi connectivity index (χ4v) is 4.85. The summed E-state index contributed by atoms with van der Waals surface area (Å²) in [6, 6.07) is -0.654. The molecular weight excluding hydrogens is 483 g/mol. The Kier molecular flexibility index (Phi) is 6.86. The van der Waals surface area contributed by atoms with Gasteiger partial charge in [-0.05, 0) is 51.4 Å². The van der Waals surface area contributed by atoms with E-state index in [2.05, 4.69) is 15.6 Å². The Morgan fingerprint density at radius 3 is 2.76 bits per heavy atom. The molecule has 6 nitrogen and oxygen atoms in total. The van der Waals surface area contributed by atoms with Crippen LogP contribution in [0.3, 0.4) is 0 Å². The first-order chi connectivity index (χ1) is 16.1. The van der Waals surface area contributed by atoms with E-state index in [0.717, 1.165) is 12.6 Å². The summed E-state index contributed by atoms with van der Waals surface area (Å²) < 4.78 is 73.6. The largest absolute Gasteiger partial charge is 0.492 e. The molecule has 2 aliphatic heterocycles. The summed E-state index contributed by atoms with van der Waals surface area (Å²) in [5.41, 5.74) is -0.907. The first-order valence-corrected chi connectivity index (χ1v) is 11.1. The first-order valence-electron chi connectivity index (χ1n) is 10.7. The second-order valence-corrected chi connectivity index (χ2v) is 8.62. The fraction of sp³-hybridized carbons (Fsp3) is 0.455. The fourth-order valence-electron chi connectivity index (χ4n) is 4.58. The van der Waals surface area contributed by atoms with Gasteiger partial charge < -0.3 is 20.3 Å². The molecule has 2 aliphatic rings. The number of halogens is 6. The molecule has 1 unspecified atom stereocenters. The lowest BCUT2D eigenvalue weighted by Gasteiger charge is -2.37. The van der Waals surface area contributed by atoms with Crippen molar-refractivity contribution in [2.24, 2.45) is 0 Å². The third-order valence-corrected chi connectivity index (χ3v) is 6.39. The van der Waals surface area contributed by atoms with Crippen molar-refractivity contribution in [1.82, 2.24) is 15.2 Å². The molecule has 0 radical (unpaired) electrons. The topological polar surface area (TPSA) is 66.5 Å². The number of carbonyl (C=O) groups is 1. The van der Waals surface area contributed by atoms with E-state index in [1.165, 1.54) is 11.1 Å². The molecule has 0 aliphatic carbocycles. The van der Waals surface area contributed by atoms with Gasteiger partial charge in [-0.15, -0.1) is 0 Å². The van der Waals surface area contributed by atoms with E-state index < -0.39 is 46.3 Å². The predicted octanol–water partition coefficient (Wildman–Crippen LogP) is 5.31. The number of nitrogens with zero attached hydrogens (tertiary/aromatic N) is 2. The van der Waals surface area contributed by atoms with Crippen LogP contribution in [-0.2, 0) is 12.6 Å². The van der Waals surface area contributed by atoms with Crippen molar-refractivity contribution in [3.8, 4) is 5.75 Å². The van der Waals surface area contributed by atoms with Crippen molar-refractivity contribution < 1.29 is 31.5 Å². The van der Waals surface area contributed by atoms with Gasteiger partial charge in [0.2, 0.25) is 5.95 Å². The highest BCUT2D eigenvalue weighted by Gasteiger charge is 2.46.